The van der Waals surface area contributed by atoms with Crippen molar-refractivity contribution in [2.45, 2.75) is 62.9 Å². The minimum absolute atomic E-state index is 0.0155. The van der Waals surface area contributed by atoms with E-state index in [4.69, 9.17) is 5.73 Å². The van der Waals surface area contributed by atoms with Crippen LogP contribution in [0.25, 0.3) is 10.9 Å². The van der Waals surface area contributed by atoms with Gasteiger partial charge >= 0.3 is 11.9 Å². The first-order valence-corrected chi connectivity index (χ1v) is 11.8. The van der Waals surface area contributed by atoms with E-state index in [9.17, 15) is 39.3 Å². The second-order valence-electron chi connectivity index (χ2n) is 9.08. The first-order chi connectivity index (χ1) is 17.5. The van der Waals surface area contributed by atoms with E-state index in [0.717, 1.165) is 10.9 Å². The smallest absolute Gasteiger partial charge is 0.326 e. The lowest BCUT2D eigenvalue weighted by Crippen LogP contribution is -2.58. The lowest BCUT2D eigenvalue weighted by molar-refractivity contribution is -0.149. The van der Waals surface area contributed by atoms with Gasteiger partial charge in [-0.05, 0) is 31.4 Å². The van der Waals surface area contributed by atoms with E-state index in [1.807, 2.05) is 18.2 Å². The highest BCUT2D eigenvalue weighted by Crippen LogP contribution is 2.23. The van der Waals surface area contributed by atoms with Gasteiger partial charge in [-0.25, -0.2) is 4.79 Å². The third-order valence-electron chi connectivity index (χ3n) is 6.37. The second-order valence-corrected chi connectivity index (χ2v) is 9.08. The lowest BCUT2D eigenvalue weighted by Gasteiger charge is -2.29. The van der Waals surface area contributed by atoms with Crippen LogP contribution in [-0.4, -0.2) is 91.7 Å². The molecule has 3 amide bonds. The van der Waals surface area contributed by atoms with E-state index in [1.165, 1.54) is 11.8 Å². The van der Waals surface area contributed by atoms with Crippen molar-refractivity contribution in [2.75, 3.05) is 6.54 Å². The molecule has 13 nitrogen and oxygen atoms in total. The molecule has 0 aliphatic carbocycles. The van der Waals surface area contributed by atoms with E-state index in [1.54, 1.807) is 12.3 Å². The Morgan fingerprint density at radius 2 is 1.78 bits per heavy atom. The molecule has 0 saturated carbocycles. The summed E-state index contributed by atoms with van der Waals surface area (Å²) in [6.07, 6.45) is 0.342. The molecule has 0 bridgehead atoms. The fourth-order valence-electron chi connectivity index (χ4n) is 4.35. The molecule has 1 aromatic carbocycles. The monoisotopic (exact) mass is 517 g/mol. The molecule has 0 spiro atoms. The minimum Gasteiger partial charge on any atom is -0.481 e. The van der Waals surface area contributed by atoms with Gasteiger partial charge in [0.05, 0.1) is 12.5 Å². The van der Waals surface area contributed by atoms with E-state index >= 15 is 0 Å². The minimum atomic E-state index is -1.60. The van der Waals surface area contributed by atoms with E-state index in [0.29, 0.717) is 12.0 Å². The van der Waals surface area contributed by atoms with Crippen molar-refractivity contribution in [1.82, 2.24) is 20.5 Å². The van der Waals surface area contributed by atoms with Crippen LogP contribution in [0.4, 0.5) is 0 Å². The maximum atomic E-state index is 13.5. The summed E-state index contributed by atoms with van der Waals surface area (Å²) in [6.45, 7) is 1.45. The number of aliphatic hydroxyl groups excluding tert-OH is 1. The van der Waals surface area contributed by atoms with Crippen molar-refractivity contribution in [3.05, 3.63) is 36.0 Å². The number of carbonyl (C=O) groups excluding carboxylic acids is 3. The van der Waals surface area contributed by atoms with Crippen molar-refractivity contribution in [3.63, 3.8) is 0 Å². The molecule has 1 aromatic heterocycles. The van der Waals surface area contributed by atoms with Gasteiger partial charge in [-0.3, -0.25) is 19.2 Å². The molecule has 200 valence electrons. The van der Waals surface area contributed by atoms with Gasteiger partial charge in [-0.15, -0.1) is 0 Å². The molecule has 3 rings (SSSR count). The number of likely N-dealkylation sites (tertiary alicyclic amines) is 1. The summed E-state index contributed by atoms with van der Waals surface area (Å²) in [5.41, 5.74) is 7.07. The zero-order valence-corrected chi connectivity index (χ0v) is 20.2. The second kappa shape index (κ2) is 11.8. The summed E-state index contributed by atoms with van der Waals surface area (Å²) in [5.74, 6) is -5.09. The number of aromatic nitrogens is 1. The summed E-state index contributed by atoms with van der Waals surface area (Å²) in [7, 11) is 0. The van der Waals surface area contributed by atoms with Gasteiger partial charge in [0.1, 0.15) is 24.2 Å². The van der Waals surface area contributed by atoms with Gasteiger partial charge < -0.3 is 41.6 Å². The number of carboxylic acid groups (broad SMARTS) is 2. The quantitative estimate of drug-likeness (QED) is 0.193. The number of benzene rings is 1. The number of nitrogens with two attached hydrogens (primary N) is 1. The molecular weight excluding hydrogens is 486 g/mol. The van der Waals surface area contributed by atoms with Crippen LogP contribution in [0, 0.1) is 0 Å². The van der Waals surface area contributed by atoms with Gasteiger partial charge in [-0.1, -0.05) is 18.2 Å². The zero-order valence-electron chi connectivity index (χ0n) is 20.2. The lowest BCUT2D eigenvalue weighted by atomic mass is 10.0. The molecule has 37 heavy (non-hydrogen) atoms. The van der Waals surface area contributed by atoms with Crippen LogP contribution >= 0.6 is 0 Å². The summed E-state index contributed by atoms with van der Waals surface area (Å²) < 4.78 is 0. The Hall–Kier alpha value is -3.97. The molecule has 13 heteroatoms. The zero-order chi connectivity index (χ0) is 27.3. The molecule has 1 fully saturated rings. The number of nitrogens with one attached hydrogen (secondary N) is 3. The number of fused-ring (bicyclic) bond motifs is 1. The van der Waals surface area contributed by atoms with Crippen molar-refractivity contribution in [2.24, 2.45) is 5.73 Å². The number of rotatable bonds is 11. The first kappa shape index (κ1) is 27.6. The Morgan fingerprint density at radius 1 is 1.11 bits per heavy atom. The Bertz CT molecular complexity index is 1180. The molecule has 5 atom stereocenters. The first-order valence-electron chi connectivity index (χ1n) is 11.8. The molecule has 1 aliphatic heterocycles. The average Bonchev–Trinajstić information content (AvgIpc) is 3.49. The van der Waals surface area contributed by atoms with E-state index in [-0.39, 0.29) is 19.4 Å². The predicted octanol–water partition coefficient (Wildman–Crippen LogP) is -1.06. The predicted molar refractivity (Wildman–Crippen MR) is 130 cm³/mol. The number of carbonyl (C=O) groups is 5. The summed E-state index contributed by atoms with van der Waals surface area (Å²) >= 11 is 0. The Balaban J connectivity index is 1.89. The number of aliphatic hydroxyl groups is 1. The van der Waals surface area contributed by atoms with Gasteiger partial charge in [0.15, 0.2) is 0 Å². The topological polar surface area (TPSA) is 215 Å². The van der Waals surface area contributed by atoms with Crippen molar-refractivity contribution in [3.8, 4) is 0 Å². The molecule has 1 aliphatic rings. The number of nitrogens with zero attached hydrogens (tertiary/aromatic N) is 1. The number of carboxylic acids is 2. The number of aliphatic carboxylic acids is 2. The Labute approximate surface area is 212 Å². The van der Waals surface area contributed by atoms with Crippen LogP contribution in [0.3, 0.4) is 0 Å². The fourth-order valence-corrected chi connectivity index (χ4v) is 4.35. The number of H-pyrrole nitrogens is 1. The SMILES string of the molecule is CC(O)C(N)C(=O)NC(CC(=O)O)C(=O)NC(Cc1c[nH]c2ccccc12)C(=O)N1CCCC1C(=O)O. The number of para-hydroxylation sites is 1. The molecule has 5 unspecified atom stereocenters. The highest BCUT2D eigenvalue weighted by molar-refractivity contribution is 5.96. The van der Waals surface area contributed by atoms with Crippen LogP contribution in [-0.2, 0) is 30.4 Å². The van der Waals surface area contributed by atoms with Crippen LogP contribution in [0.5, 0.6) is 0 Å². The molecule has 2 aromatic rings. The molecule has 2 heterocycles. The van der Waals surface area contributed by atoms with Crippen molar-refractivity contribution in [1.29, 1.82) is 0 Å². The number of amides is 3. The van der Waals surface area contributed by atoms with E-state index < -0.39 is 66.4 Å². The standard InChI is InChI=1S/C24H31N5O8/c1-12(30)20(25)22(34)27-16(10-19(31)32)21(33)28-17(23(35)29-8-4-7-18(29)24(36)37)9-13-11-26-15-6-3-2-5-14(13)15/h2-3,5-6,11-12,16-18,20,26,30H,4,7-10,25H2,1H3,(H,27,34)(H,28,33)(H,31,32)(H,36,37). The van der Waals surface area contributed by atoms with E-state index in [2.05, 4.69) is 15.6 Å². The third kappa shape index (κ3) is 6.62. The highest BCUT2D eigenvalue weighted by atomic mass is 16.4. The molecule has 8 N–H and O–H groups in total. The normalized spacial score (nSPS) is 18.6. The third-order valence-corrected chi connectivity index (χ3v) is 6.37. The summed E-state index contributed by atoms with van der Waals surface area (Å²) in [4.78, 5) is 66.3. The fraction of sp³-hybridized carbons (Fsp3) is 0.458. The van der Waals surface area contributed by atoms with Crippen molar-refractivity contribution >= 4 is 40.6 Å². The van der Waals surface area contributed by atoms with Gasteiger partial charge in [0, 0.05) is 30.1 Å². The van der Waals surface area contributed by atoms with Crippen LogP contribution in [0.2, 0.25) is 0 Å². The molecule has 0 radical (unpaired) electrons. The van der Waals surface area contributed by atoms with Crippen LogP contribution < -0.4 is 16.4 Å². The largest absolute Gasteiger partial charge is 0.481 e. The van der Waals surface area contributed by atoms with Crippen molar-refractivity contribution < 1.29 is 39.3 Å². The maximum absolute atomic E-state index is 13.5. The molecular formula is C24H31N5O8. The number of aromatic amines is 1. The van der Waals surface area contributed by atoms with Gasteiger partial charge in [0.2, 0.25) is 17.7 Å². The molecule has 1 saturated heterocycles. The van der Waals surface area contributed by atoms with Crippen LogP contribution in [0.1, 0.15) is 31.7 Å². The number of hydrogen-bond donors (Lipinski definition) is 7. The summed E-state index contributed by atoms with van der Waals surface area (Å²) in [6, 6.07) is 1.99. The average molecular weight is 518 g/mol. The van der Waals surface area contributed by atoms with Gasteiger partial charge in [0.25, 0.3) is 0 Å². The van der Waals surface area contributed by atoms with Crippen LogP contribution in [0.15, 0.2) is 30.5 Å². The summed E-state index contributed by atoms with van der Waals surface area (Å²) in [5, 5.41) is 33.9. The Morgan fingerprint density at radius 3 is 2.43 bits per heavy atom. The Kier molecular flexibility index (Phi) is 8.84. The number of hydrogen-bond acceptors (Lipinski definition) is 7. The maximum Gasteiger partial charge on any atom is 0.326 e. The van der Waals surface area contributed by atoms with Gasteiger partial charge in [-0.2, -0.15) is 0 Å². The highest BCUT2D eigenvalue weighted by Gasteiger charge is 2.39.